The van der Waals surface area contributed by atoms with Crippen LogP contribution in [0.15, 0.2) is 47.9 Å². The molecule has 0 unspecified atom stereocenters. The molecular weight excluding hydrogens is 188 g/mol. The zero-order chi connectivity index (χ0) is 10.5. The average molecular weight is 202 g/mol. The van der Waals surface area contributed by atoms with E-state index in [4.69, 9.17) is 10.5 Å². The molecule has 78 valence electrons. The van der Waals surface area contributed by atoms with Gasteiger partial charge in [0.1, 0.15) is 5.76 Å². The van der Waals surface area contributed by atoms with E-state index in [1.165, 1.54) is 0 Å². The standard InChI is InChI=1S/C12H14N2O/c13-9-10-4-3-5-11(8-10)15-12-6-1-2-7-14-12/h1-2,4,6-8H,3,5,9,13H2. The molecule has 1 aromatic heterocycles. The van der Waals surface area contributed by atoms with Gasteiger partial charge in [-0.25, -0.2) is 4.98 Å². The van der Waals surface area contributed by atoms with Crippen LogP contribution in [0.25, 0.3) is 0 Å². The second-order valence-electron chi connectivity index (χ2n) is 3.40. The van der Waals surface area contributed by atoms with Crippen molar-refractivity contribution in [1.29, 1.82) is 0 Å². The van der Waals surface area contributed by atoms with E-state index in [1.807, 2.05) is 24.3 Å². The molecule has 0 spiro atoms. The van der Waals surface area contributed by atoms with Crippen LogP contribution in [0.2, 0.25) is 0 Å². The smallest absolute Gasteiger partial charge is 0.218 e. The van der Waals surface area contributed by atoms with E-state index < -0.39 is 0 Å². The Balaban J connectivity index is 2.07. The molecule has 0 aliphatic heterocycles. The lowest BCUT2D eigenvalue weighted by Crippen LogP contribution is -2.07. The number of aromatic nitrogens is 1. The molecule has 0 amide bonds. The summed E-state index contributed by atoms with van der Waals surface area (Å²) in [5.74, 6) is 1.58. The van der Waals surface area contributed by atoms with Gasteiger partial charge < -0.3 is 10.5 Å². The van der Waals surface area contributed by atoms with E-state index in [9.17, 15) is 0 Å². The molecule has 3 heteroatoms. The van der Waals surface area contributed by atoms with Crippen LogP contribution in [0.3, 0.4) is 0 Å². The fourth-order valence-corrected chi connectivity index (χ4v) is 1.50. The lowest BCUT2D eigenvalue weighted by atomic mass is 10.1. The van der Waals surface area contributed by atoms with Crippen molar-refractivity contribution < 1.29 is 4.74 Å². The largest absolute Gasteiger partial charge is 0.443 e. The third kappa shape index (κ3) is 2.67. The van der Waals surface area contributed by atoms with Gasteiger partial charge in [-0.1, -0.05) is 12.1 Å². The van der Waals surface area contributed by atoms with Gasteiger partial charge in [0, 0.05) is 25.2 Å². The van der Waals surface area contributed by atoms with Crippen molar-refractivity contribution >= 4 is 0 Å². The number of allylic oxidation sites excluding steroid dienone is 2. The molecule has 3 nitrogen and oxygen atoms in total. The second-order valence-corrected chi connectivity index (χ2v) is 3.40. The number of nitrogens with zero attached hydrogens (tertiary/aromatic N) is 1. The van der Waals surface area contributed by atoms with E-state index >= 15 is 0 Å². The van der Waals surface area contributed by atoms with Crippen LogP contribution in [0.5, 0.6) is 5.88 Å². The molecule has 1 aliphatic rings. The summed E-state index contributed by atoms with van der Waals surface area (Å²) in [5.41, 5.74) is 6.71. The Morgan fingerprint density at radius 2 is 2.33 bits per heavy atom. The van der Waals surface area contributed by atoms with Crippen molar-refractivity contribution in [3.05, 3.63) is 47.9 Å². The Hall–Kier alpha value is -1.61. The molecule has 1 aromatic rings. The molecule has 0 bridgehead atoms. The molecule has 0 saturated heterocycles. The average Bonchev–Trinajstić information content (AvgIpc) is 2.31. The highest BCUT2D eigenvalue weighted by Gasteiger charge is 2.06. The molecule has 1 aliphatic carbocycles. The summed E-state index contributed by atoms with van der Waals surface area (Å²) in [6.45, 7) is 0.565. The molecule has 0 radical (unpaired) electrons. The first-order chi connectivity index (χ1) is 7.38. The molecule has 2 N–H and O–H groups in total. The van der Waals surface area contributed by atoms with Crippen molar-refractivity contribution in [2.45, 2.75) is 12.8 Å². The van der Waals surface area contributed by atoms with Gasteiger partial charge in [0.15, 0.2) is 0 Å². The maximum Gasteiger partial charge on any atom is 0.218 e. The SMILES string of the molecule is NCC1=CCCC(Oc2ccccn2)=C1. The quantitative estimate of drug-likeness (QED) is 0.815. The highest BCUT2D eigenvalue weighted by Crippen LogP contribution is 2.19. The number of hydrogen-bond acceptors (Lipinski definition) is 3. The van der Waals surface area contributed by atoms with Gasteiger partial charge >= 0.3 is 0 Å². The fraction of sp³-hybridized carbons (Fsp3) is 0.250. The molecule has 1 heterocycles. The zero-order valence-electron chi connectivity index (χ0n) is 8.52. The minimum Gasteiger partial charge on any atom is -0.443 e. The molecule has 0 aromatic carbocycles. The van der Waals surface area contributed by atoms with Gasteiger partial charge in [-0.15, -0.1) is 0 Å². The predicted octanol–water partition coefficient (Wildman–Crippen LogP) is 2.02. The molecule has 15 heavy (non-hydrogen) atoms. The van der Waals surface area contributed by atoms with Crippen molar-refractivity contribution in [3.8, 4) is 5.88 Å². The first-order valence-electron chi connectivity index (χ1n) is 5.07. The lowest BCUT2D eigenvalue weighted by molar-refractivity contribution is 0.386. The van der Waals surface area contributed by atoms with E-state index in [0.717, 1.165) is 24.2 Å². The van der Waals surface area contributed by atoms with Crippen LogP contribution in [-0.4, -0.2) is 11.5 Å². The molecule has 2 rings (SSSR count). The third-order valence-electron chi connectivity index (χ3n) is 2.25. The Kier molecular flexibility index (Phi) is 3.15. The van der Waals surface area contributed by atoms with Gasteiger partial charge in [0.05, 0.1) is 0 Å². The number of hydrogen-bond donors (Lipinski definition) is 1. The van der Waals surface area contributed by atoms with Crippen molar-refractivity contribution in [1.82, 2.24) is 4.98 Å². The Labute approximate surface area is 89.3 Å². The van der Waals surface area contributed by atoms with Crippen molar-refractivity contribution in [2.24, 2.45) is 5.73 Å². The summed E-state index contributed by atoms with van der Waals surface area (Å²) in [5, 5.41) is 0. The molecule has 0 fully saturated rings. The van der Waals surface area contributed by atoms with Gasteiger partial charge in [0.25, 0.3) is 0 Å². The van der Waals surface area contributed by atoms with Crippen LogP contribution >= 0.6 is 0 Å². The van der Waals surface area contributed by atoms with Gasteiger partial charge in [-0.05, 0) is 24.1 Å². The summed E-state index contributed by atoms with van der Waals surface area (Å²) >= 11 is 0. The van der Waals surface area contributed by atoms with E-state index in [1.54, 1.807) is 6.20 Å². The fourth-order valence-electron chi connectivity index (χ4n) is 1.50. The molecule has 0 atom stereocenters. The summed E-state index contributed by atoms with van der Waals surface area (Å²) in [6, 6.07) is 5.63. The lowest BCUT2D eigenvalue weighted by Gasteiger charge is -2.13. The third-order valence-corrected chi connectivity index (χ3v) is 2.25. The van der Waals surface area contributed by atoms with Gasteiger partial charge in [0.2, 0.25) is 5.88 Å². The Morgan fingerprint density at radius 3 is 3.07 bits per heavy atom. The Morgan fingerprint density at radius 1 is 1.40 bits per heavy atom. The van der Waals surface area contributed by atoms with E-state index in [0.29, 0.717) is 12.4 Å². The first kappa shape index (κ1) is 9.93. The van der Waals surface area contributed by atoms with Crippen LogP contribution in [0.4, 0.5) is 0 Å². The van der Waals surface area contributed by atoms with E-state index in [2.05, 4.69) is 11.1 Å². The monoisotopic (exact) mass is 202 g/mol. The molecule has 0 saturated carbocycles. The van der Waals surface area contributed by atoms with E-state index in [-0.39, 0.29) is 0 Å². The Bertz CT molecular complexity index is 382. The topological polar surface area (TPSA) is 48.1 Å². The maximum absolute atomic E-state index is 5.64. The van der Waals surface area contributed by atoms with Crippen LogP contribution in [0, 0.1) is 0 Å². The number of ether oxygens (including phenoxy) is 1. The summed E-state index contributed by atoms with van der Waals surface area (Å²) in [4.78, 5) is 4.11. The van der Waals surface area contributed by atoms with Crippen LogP contribution in [0.1, 0.15) is 12.8 Å². The zero-order valence-corrected chi connectivity index (χ0v) is 8.52. The summed E-state index contributed by atoms with van der Waals surface area (Å²) in [7, 11) is 0. The highest BCUT2D eigenvalue weighted by atomic mass is 16.5. The normalized spacial score (nSPS) is 15.5. The van der Waals surface area contributed by atoms with Crippen LogP contribution < -0.4 is 10.5 Å². The maximum atomic E-state index is 5.64. The highest BCUT2D eigenvalue weighted by molar-refractivity contribution is 5.28. The summed E-state index contributed by atoms with van der Waals surface area (Å²) in [6.07, 6.45) is 7.77. The van der Waals surface area contributed by atoms with Gasteiger partial charge in [-0.3, -0.25) is 0 Å². The van der Waals surface area contributed by atoms with Gasteiger partial charge in [-0.2, -0.15) is 0 Å². The second kappa shape index (κ2) is 4.75. The van der Waals surface area contributed by atoms with Crippen molar-refractivity contribution in [3.63, 3.8) is 0 Å². The minimum atomic E-state index is 0.565. The first-order valence-corrected chi connectivity index (χ1v) is 5.07. The minimum absolute atomic E-state index is 0.565. The van der Waals surface area contributed by atoms with Crippen LogP contribution in [-0.2, 0) is 0 Å². The van der Waals surface area contributed by atoms with Crippen molar-refractivity contribution in [2.75, 3.05) is 6.54 Å². The predicted molar refractivity (Wildman–Crippen MR) is 59.3 cm³/mol. The molecular formula is C12H14N2O. The summed E-state index contributed by atoms with van der Waals surface area (Å²) < 4.78 is 5.64. The number of pyridine rings is 1. The number of nitrogens with two attached hydrogens (primary N) is 1. The number of rotatable bonds is 3.